The normalized spacial score (nSPS) is 27.9. The molecule has 1 saturated carbocycles. The van der Waals surface area contributed by atoms with Gasteiger partial charge in [-0.05, 0) is 102 Å². The van der Waals surface area contributed by atoms with Crippen molar-refractivity contribution in [3.05, 3.63) is 53.5 Å². The van der Waals surface area contributed by atoms with Crippen molar-refractivity contribution in [2.45, 2.75) is 99.8 Å². The Labute approximate surface area is 243 Å². The molecule has 1 amide bonds. The number of hydrogen-bond donors (Lipinski definition) is 1. The number of benzene rings is 1. The lowest BCUT2D eigenvalue weighted by Gasteiger charge is -2.46. The molecule has 5 aliphatic rings. The van der Waals surface area contributed by atoms with Gasteiger partial charge in [-0.25, -0.2) is 17.6 Å². The van der Waals surface area contributed by atoms with Crippen LogP contribution in [0.1, 0.15) is 69.8 Å². The molecular formula is C31H43FN4O4S. The molecule has 0 unspecified atom stereocenters. The zero-order valence-corrected chi connectivity index (χ0v) is 24.9. The largest absolute Gasteiger partial charge is 0.441 e. The van der Waals surface area contributed by atoms with E-state index in [1.807, 2.05) is 11.8 Å². The molecule has 4 heterocycles. The second-order valence-corrected chi connectivity index (χ2v) is 14.3. The molecule has 2 atom stereocenters. The van der Waals surface area contributed by atoms with Gasteiger partial charge in [-0.2, -0.15) is 4.31 Å². The Kier molecular flexibility index (Phi) is 8.17. The Balaban J connectivity index is 1.23. The lowest BCUT2D eigenvalue weighted by Crippen LogP contribution is -2.58. The first-order valence-electron chi connectivity index (χ1n) is 15.4. The molecule has 10 heteroatoms. The molecule has 1 aliphatic carbocycles. The summed E-state index contributed by atoms with van der Waals surface area (Å²) in [6.07, 6.45) is 11.4. The highest BCUT2D eigenvalue weighted by Gasteiger charge is 2.60. The van der Waals surface area contributed by atoms with Crippen molar-refractivity contribution in [3.63, 3.8) is 0 Å². The second-order valence-electron chi connectivity index (χ2n) is 12.5. The summed E-state index contributed by atoms with van der Waals surface area (Å²) >= 11 is 0. The van der Waals surface area contributed by atoms with Crippen molar-refractivity contribution in [2.75, 3.05) is 32.7 Å². The van der Waals surface area contributed by atoms with Crippen LogP contribution in [0.2, 0.25) is 0 Å². The SMILES string of the molecule is Cc1ccc(S(=O)(=O)N2[C@H](C3=CC(F)=CNC3)CCC[C@@H]2C2(OC(=O)N3CCC(N4CCCCC4)CC3)CC2)cc1. The first kappa shape index (κ1) is 28.7. The smallest absolute Gasteiger partial charge is 0.410 e. The summed E-state index contributed by atoms with van der Waals surface area (Å²) in [4.78, 5) is 18.1. The van der Waals surface area contributed by atoms with Gasteiger partial charge in [0.2, 0.25) is 10.0 Å². The summed E-state index contributed by atoms with van der Waals surface area (Å²) in [6.45, 7) is 5.93. The highest BCUT2D eigenvalue weighted by atomic mass is 32.2. The van der Waals surface area contributed by atoms with Crippen molar-refractivity contribution >= 4 is 16.1 Å². The molecule has 1 aromatic rings. The summed E-state index contributed by atoms with van der Waals surface area (Å²) in [6, 6.07) is 6.38. The highest BCUT2D eigenvalue weighted by Crippen LogP contribution is 2.51. The minimum Gasteiger partial charge on any atom is -0.441 e. The maximum absolute atomic E-state index is 14.3. The maximum atomic E-state index is 14.3. The number of nitrogens with one attached hydrogen (secondary N) is 1. The lowest BCUT2D eigenvalue weighted by molar-refractivity contribution is -0.0109. The van der Waals surface area contributed by atoms with E-state index in [0.29, 0.717) is 56.9 Å². The van der Waals surface area contributed by atoms with Gasteiger partial charge < -0.3 is 19.9 Å². The van der Waals surface area contributed by atoms with E-state index in [4.69, 9.17) is 4.74 Å². The van der Waals surface area contributed by atoms with Gasteiger partial charge in [-0.1, -0.05) is 24.1 Å². The van der Waals surface area contributed by atoms with Gasteiger partial charge >= 0.3 is 6.09 Å². The first-order valence-corrected chi connectivity index (χ1v) is 16.8. The number of amides is 1. The predicted molar refractivity (Wildman–Crippen MR) is 155 cm³/mol. The zero-order valence-electron chi connectivity index (χ0n) is 24.1. The monoisotopic (exact) mass is 586 g/mol. The molecule has 0 spiro atoms. The second kappa shape index (κ2) is 11.7. The Bertz CT molecular complexity index is 1280. The number of allylic oxidation sites excluding steroid dienone is 2. The fourth-order valence-corrected chi connectivity index (χ4v) is 9.23. The van der Waals surface area contributed by atoms with Crippen LogP contribution in [0.4, 0.5) is 9.18 Å². The molecule has 41 heavy (non-hydrogen) atoms. The number of carbonyl (C=O) groups is 1. The van der Waals surface area contributed by atoms with E-state index in [0.717, 1.165) is 37.9 Å². The number of hydrogen-bond acceptors (Lipinski definition) is 6. The number of piperidine rings is 3. The molecular weight excluding hydrogens is 543 g/mol. The van der Waals surface area contributed by atoms with Gasteiger partial charge in [0, 0.05) is 37.9 Å². The van der Waals surface area contributed by atoms with Crippen LogP contribution in [0.5, 0.6) is 0 Å². The molecule has 3 saturated heterocycles. The molecule has 1 aromatic carbocycles. The van der Waals surface area contributed by atoms with E-state index in [-0.39, 0.29) is 11.0 Å². The number of dihydropyridines is 1. The number of halogens is 1. The number of rotatable bonds is 6. The molecule has 4 fully saturated rings. The first-order chi connectivity index (χ1) is 19.8. The Morgan fingerprint density at radius 2 is 1.68 bits per heavy atom. The molecule has 4 aliphatic heterocycles. The molecule has 0 radical (unpaired) electrons. The van der Waals surface area contributed by atoms with Crippen molar-refractivity contribution in [1.29, 1.82) is 0 Å². The number of likely N-dealkylation sites (tertiary alicyclic amines) is 2. The molecule has 224 valence electrons. The standard InChI is InChI=1S/C31H43FN4O4S/c1-23-8-10-27(11-9-23)41(38,39)36-28(24-20-25(32)22-33-21-24)6-5-7-29(36)31(14-15-31)40-30(37)35-18-12-26(13-19-35)34-16-3-2-4-17-34/h8-11,20,22,26,28-29,33H,2-7,12-19,21H2,1H3/t28-,29+/m0/s1. The number of sulfonamides is 1. The van der Waals surface area contributed by atoms with Crippen LogP contribution < -0.4 is 5.32 Å². The maximum Gasteiger partial charge on any atom is 0.410 e. The predicted octanol–water partition coefficient (Wildman–Crippen LogP) is 4.87. The van der Waals surface area contributed by atoms with Crippen molar-refractivity contribution in [2.24, 2.45) is 0 Å². The lowest BCUT2D eigenvalue weighted by atomic mass is 9.89. The van der Waals surface area contributed by atoms with Crippen LogP contribution in [0.3, 0.4) is 0 Å². The topological polar surface area (TPSA) is 82.2 Å². The van der Waals surface area contributed by atoms with Crippen LogP contribution in [-0.2, 0) is 14.8 Å². The Morgan fingerprint density at radius 1 is 0.976 bits per heavy atom. The average molecular weight is 587 g/mol. The number of carbonyl (C=O) groups excluding carboxylic acids is 1. The van der Waals surface area contributed by atoms with E-state index >= 15 is 0 Å². The van der Waals surface area contributed by atoms with Crippen LogP contribution in [0.25, 0.3) is 0 Å². The summed E-state index contributed by atoms with van der Waals surface area (Å²) in [7, 11) is -3.96. The third-order valence-electron chi connectivity index (χ3n) is 9.73. The summed E-state index contributed by atoms with van der Waals surface area (Å²) in [5.41, 5.74) is 0.819. The van der Waals surface area contributed by atoms with Gasteiger partial charge in [0.1, 0.15) is 11.4 Å². The number of ether oxygens (including phenoxy) is 1. The van der Waals surface area contributed by atoms with E-state index < -0.39 is 33.5 Å². The van der Waals surface area contributed by atoms with Crippen molar-refractivity contribution in [3.8, 4) is 0 Å². The van der Waals surface area contributed by atoms with Crippen LogP contribution in [0, 0.1) is 6.92 Å². The van der Waals surface area contributed by atoms with E-state index in [9.17, 15) is 17.6 Å². The summed E-state index contributed by atoms with van der Waals surface area (Å²) < 4.78 is 50.8. The van der Waals surface area contributed by atoms with Gasteiger partial charge in [0.15, 0.2) is 0 Å². The van der Waals surface area contributed by atoms with Gasteiger partial charge in [0.05, 0.1) is 10.9 Å². The summed E-state index contributed by atoms with van der Waals surface area (Å²) in [5.74, 6) is -0.415. The molecule has 8 nitrogen and oxygen atoms in total. The molecule has 1 N–H and O–H groups in total. The van der Waals surface area contributed by atoms with Crippen molar-refractivity contribution < 1.29 is 22.3 Å². The van der Waals surface area contributed by atoms with E-state index in [1.165, 1.54) is 31.5 Å². The average Bonchev–Trinajstić information content (AvgIpc) is 3.78. The van der Waals surface area contributed by atoms with E-state index in [1.54, 1.807) is 28.6 Å². The van der Waals surface area contributed by atoms with Crippen LogP contribution >= 0.6 is 0 Å². The van der Waals surface area contributed by atoms with Gasteiger partial charge in [-0.15, -0.1) is 0 Å². The molecule has 6 rings (SSSR count). The number of nitrogens with zero attached hydrogens (tertiary/aromatic N) is 3. The number of aryl methyl sites for hydroxylation is 1. The fraction of sp³-hybridized carbons (Fsp3) is 0.645. The third-order valence-corrected chi connectivity index (χ3v) is 11.7. The Hall–Kier alpha value is -2.43. The Morgan fingerprint density at radius 3 is 2.34 bits per heavy atom. The van der Waals surface area contributed by atoms with Crippen molar-refractivity contribution in [1.82, 2.24) is 19.4 Å². The fourth-order valence-electron chi connectivity index (χ4n) is 7.30. The molecule has 0 aromatic heterocycles. The minimum atomic E-state index is -3.96. The highest BCUT2D eigenvalue weighted by molar-refractivity contribution is 7.89. The zero-order chi connectivity index (χ0) is 28.6. The third kappa shape index (κ3) is 5.92. The van der Waals surface area contributed by atoms with Crippen LogP contribution in [-0.4, -0.2) is 85.1 Å². The van der Waals surface area contributed by atoms with Gasteiger partial charge in [0.25, 0.3) is 0 Å². The quantitative estimate of drug-likeness (QED) is 0.513. The minimum absolute atomic E-state index is 0.210. The van der Waals surface area contributed by atoms with Gasteiger partial charge in [-0.3, -0.25) is 0 Å². The van der Waals surface area contributed by atoms with E-state index in [2.05, 4.69) is 10.2 Å². The summed E-state index contributed by atoms with van der Waals surface area (Å²) in [5, 5.41) is 2.95. The van der Waals surface area contributed by atoms with Crippen LogP contribution in [0.15, 0.2) is 52.8 Å². The molecule has 0 bridgehead atoms.